The molecule has 0 saturated carbocycles. The number of rotatable bonds is 3. The van der Waals surface area contributed by atoms with Gasteiger partial charge in [0, 0.05) is 0 Å². The van der Waals surface area contributed by atoms with Crippen LogP contribution in [0.5, 0.6) is 0 Å². The Balaban J connectivity index is 0. The van der Waals surface area contributed by atoms with Crippen LogP contribution < -0.4 is 16.6 Å². The SMILES string of the molecule is CCN(CC)CC.NC(=S)NNC(=S)S. The molecule has 4 nitrogen and oxygen atoms in total. The van der Waals surface area contributed by atoms with E-state index in [9.17, 15) is 0 Å². The molecule has 0 aliphatic rings. The smallest absolute Gasteiger partial charge is 0.182 e. The second kappa shape index (κ2) is 12.0. The molecule has 0 aromatic heterocycles. The molecule has 0 heterocycles. The van der Waals surface area contributed by atoms with E-state index in [1.165, 1.54) is 19.6 Å². The summed E-state index contributed by atoms with van der Waals surface area (Å²) in [6, 6.07) is 0. The number of nitrogens with two attached hydrogens (primary N) is 1. The van der Waals surface area contributed by atoms with Gasteiger partial charge in [0.1, 0.15) is 4.32 Å². The highest BCUT2D eigenvalue weighted by atomic mass is 32.1. The number of hydrogen-bond acceptors (Lipinski definition) is 3. The van der Waals surface area contributed by atoms with Crippen LogP contribution >= 0.6 is 37.1 Å². The standard InChI is InChI=1S/C6H15N.C2H5N3S3/c1-4-7(5-2)6-3;3-1(6)4-5-2(7)8/h4-6H2,1-3H3;(H3,3,4,6)(H2,5,7,8). The molecule has 0 spiro atoms. The lowest BCUT2D eigenvalue weighted by Crippen LogP contribution is -2.41. The van der Waals surface area contributed by atoms with Crippen molar-refractivity contribution in [2.75, 3.05) is 19.6 Å². The molecule has 0 amide bonds. The minimum Gasteiger partial charge on any atom is -0.375 e. The van der Waals surface area contributed by atoms with Crippen LogP contribution in [0.3, 0.4) is 0 Å². The molecule has 0 fully saturated rings. The highest BCUT2D eigenvalue weighted by Crippen LogP contribution is 1.81. The molecule has 90 valence electrons. The van der Waals surface area contributed by atoms with Crippen molar-refractivity contribution in [3.05, 3.63) is 0 Å². The van der Waals surface area contributed by atoms with Crippen LogP contribution in [0.25, 0.3) is 0 Å². The molecule has 0 saturated heterocycles. The Morgan fingerprint density at radius 1 is 1.13 bits per heavy atom. The summed E-state index contributed by atoms with van der Waals surface area (Å²) < 4.78 is 0.304. The maximum Gasteiger partial charge on any atom is 0.182 e. The Labute approximate surface area is 108 Å². The number of thiocarbonyl (C=S) groups is 2. The van der Waals surface area contributed by atoms with Gasteiger partial charge in [-0.2, -0.15) is 0 Å². The van der Waals surface area contributed by atoms with Crippen LogP contribution in [-0.4, -0.2) is 34.0 Å². The lowest BCUT2D eigenvalue weighted by molar-refractivity contribution is 0.321. The fourth-order valence-electron chi connectivity index (χ4n) is 0.786. The average molecular weight is 268 g/mol. The average Bonchev–Trinajstić information content (AvgIpc) is 2.18. The van der Waals surface area contributed by atoms with E-state index in [4.69, 9.17) is 5.73 Å². The molecule has 0 aliphatic heterocycles. The zero-order valence-corrected chi connectivity index (χ0v) is 11.9. The minimum atomic E-state index is 0.140. The van der Waals surface area contributed by atoms with Gasteiger partial charge in [-0.3, -0.25) is 10.9 Å². The van der Waals surface area contributed by atoms with Crippen molar-refractivity contribution in [2.45, 2.75) is 20.8 Å². The van der Waals surface area contributed by atoms with Gasteiger partial charge in [0.15, 0.2) is 5.11 Å². The van der Waals surface area contributed by atoms with Gasteiger partial charge in [-0.05, 0) is 31.9 Å². The Morgan fingerprint density at radius 3 is 1.60 bits per heavy atom. The van der Waals surface area contributed by atoms with Crippen LogP contribution in [0.4, 0.5) is 0 Å². The van der Waals surface area contributed by atoms with E-state index in [1.807, 2.05) is 0 Å². The second-order valence-electron chi connectivity index (χ2n) is 2.54. The van der Waals surface area contributed by atoms with Crippen molar-refractivity contribution in [3.8, 4) is 0 Å². The first-order chi connectivity index (χ1) is 6.97. The normalized spacial score (nSPS) is 8.87. The fraction of sp³-hybridized carbons (Fsp3) is 0.750. The van der Waals surface area contributed by atoms with Gasteiger partial charge in [-0.15, -0.1) is 12.6 Å². The third-order valence-electron chi connectivity index (χ3n) is 1.63. The number of thiol groups is 1. The maximum atomic E-state index is 5.00. The number of nitrogens with zero attached hydrogens (tertiary/aromatic N) is 1. The minimum absolute atomic E-state index is 0.140. The molecule has 0 aliphatic carbocycles. The van der Waals surface area contributed by atoms with Gasteiger partial charge in [0.25, 0.3) is 0 Å². The van der Waals surface area contributed by atoms with Gasteiger partial charge in [-0.1, -0.05) is 33.0 Å². The van der Waals surface area contributed by atoms with Crippen LogP contribution in [0.1, 0.15) is 20.8 Å². The van der Waals surface area contributed by atoms with Gasteiger partial charge in [0.2, 0.25) is 0 Å². The lowest BCUT2D eigenvalue weighted by Gasteiger charge is -2.13. The largest absolute Gasteiger partial charge is 0.375 e. The van der Waals surface area contributed by atoms with Gasteiger partial charge in [0.05, 0.1) is 0 Å². The molecule has 4 N–H and O–H groups in total. The summed E-state index contributed by atoms with van der Waals surface area (Å²) in [6.45, 7) is 10.1. The summed E-state index contributed by atoms with van der Waals surface area (Å²) in [6.07, 6.45) is 0. The highest BCUT2D eigenvalue weighted by Gasteiger charge is 1.89. The van der Waals surface area contributed by atoms with E-state index in [2.05, 4.69) is 73.6 Å². The maximum absolute atomic E-state index is 5.00. The first-order valence-corrected chi connectivity index (χ1v) is 6.00. The van der Waals surface area contributed by atoms with Crippen LogP contribution in [0.2, 0.25) is 0 Å². The van der Waals surface area contributed by atoms with Gasteiger partial charge < -0.3 is 10.6 Å². The molecule has 0 bridgehead atoms. The van der Waals surface area contributed by atoms with Crippen molar-refractivity contribution < 1.29 is 0 Å². The van der Waals surface area contributed by atoms with E-state index < -0.39 is 0 Å². The quantitative estimate of drug-likeness (QED) is 0.346. The van der Waals surface area contributed by atoms with E-state index in [-0.39, 0.29) is 5.11 Å². The third kappa shape index (κ3) is 16.6. The van der Waals surface area contributed by atoms with E-state index in [1.54, 1.807) is 0 Å². The first-order valence-electron chi connectivity index (χ1n) is 4.74. The van der Waals surface area contributed by atoms with Crippen molar-refractivity contribution in [2.24, 2.45) is 5.73 Å². The van der Waals surface area contributed by atoms with Crippen molar-refractivity contribution >= 4 is 46.5 Å². The second-order valence-corrected chi connectivity index (χ2v) is 4.14. The van der Waals surface area contributed by atoms with Crippen LogP contribution in [0, 0.1) is 0 Å². The molecule has 0 atom stereocenters. The predicted molar refractivity (Wildman–Crippen MR) is 78.1 cm³/mol. The third-order valence-corrected chi connectivity index (χ3v) is 1.95. The monoisotopic (exact) mass is 268 g/mol. The van der Waals surface area contributed by atoms with Gasteiger partial charge >= 0.3 is 0 Å². The highest BCUT2D eigenvalue weighted by molar-refractivity contribution is 8.11. The van der Waals surface area contributed by atoms with E-state index in [0.717, 1.165) is 0 Å². The zero-order valence-electron chi connectivity index (χ0n) is 9.41. The fourth-order valence-corrected chi connectivity index (χ4v) is 0.944. The molecule has 0 aromatic rings. The summed E-state index contributed by atoms with van der Waals surface area (Å²) in [4.78, 5) is 2.38. The number of nitrogens with one attached hydrogen (secondary N) is 2. The molecule has 0 radical (unpaired) electrons. The summed E-state index contributed by atoms with van der Waals surface area (Å²) in [5, 5.41) is 0.140. The van der Waals surface area contributed by atoms with Crippen LogP contribution in [-0.2, 0) is 0 Å². The summed E-state index contributed by atoms with van der Waals surface area (Å²) in [5.41, 5.74) is 9.82. The van der Waals surface area contributed by atoms with Crippen molar-refractivity contribution in [1.29, 1.82) is 0 Å². The molecule has 0 aromatic carbocycles. The van der Waals surface area contributed by atoms with Crippen molar-refractivity contribution in [1.82, 2.24) is 15.8 Å². The number of hydrogen-bond donors (Lipinski definition) is 4. The predicted octanol–water partition coefficient (Wildman–Crippen LogP) is 0.887. The Bertz CT molecular complexity index is 163. The Kier molecular flexibility index (Phi) is 13.8. The molecule has 7 heteroatoms. The topological polar surface area (TPSA) is 53.3 Å². The summed E-state index contributed by atoms with van der Waals surface area (Å²) in [5.74, 6) is 0. The zero-order chi connectivity index (χ0) is 12.3. The first kappa shape index (κ1) is 17.3. The Hall–Kier alpha value is -0.110. The van der Waals surface area contributed by atoms with E-state index in [0.29, 0.717) is 4.32 Å². The molecule has 15 heavy (non-hydrogen) atoms. The lowest BCUT2D eigenvalue weighted by atomic mass is 10.5. The molecule has 0 unspecified atom stereocenters. The van der Waals surface area contributed by atoms with Gasteiger partial charge in [-0.25, -0.2) is 0 Å². The Morgan fingerprint density at radius 2 is 1.53 bits per heavy atom. The number of hydrazine groups is 1. The summed E-state index contributed by atoms with van der Waals surface area (Å²) in [7, 11) is 0. The van der Waals surface area contributed by atoms with Crippen LogP contribution in [0.15, 0.2) is 0 Å². The summed E-state index contributed by atoms with van der Waals surface area (Å²) >= 11 is 12.6. The van der Waals surface area contributed by atoms with E-state index >= 15 is 0 Å². The molecular formula is C8H20N4S3. The molecular weight excluding hydrogens is 248 g/mol. The molecule has 0 rings (SSSR count). The van der Waals surface area contributed by atoms with Crippen molar-refractivity contribution in [3.63, 3.8) is 0 Å².